The first-order valence-corrected chi connectivity index (χ1v) is 9.89. The number of fused-ring (bicyclic) bond motifs is 1. The number of ether oxygens (including phenoxy) is 3. The largest absolute Gasteiger partial charge is 0.493 e. The van der Waals surface area contributed by atoms with Crippen molar-refractivity contribution < 1.29 is 18.6 Å². The molecule has 0 saturated carbocycles. The Morgan fingerprint density at radius 2 is 1.68 bits per heavy atom. The molecule has 8 heteroatoms. The summed E-state index contributed by atoms with van der Waals surface area (Å²) in [5.41, 5.74) is 2.98. The SMILES string of the molecule is CCNC(=NCc1cc(OC)c(OC)c(OC)c1)NCc1oc2ccccc2c1C.I. The molecule has 0 radical (unpaired) electrons. The van der Waals surface area contributed by atoms with Gasteiger partial charge in [0.2, 0.25) is 5.75 Å². The van der Waals surface area contributed by atoms with Crippen LogP contribution in [0.3, 0.4) is 0 Å². The third-order valence-electron chi connectivity index (χ3n) is 4.85. The monoisotopic (exact) mass is 539 g/mol. The lowest BCUT2D eigenvalue weighted by molar-refractivity contribution is 0.324. The van der Waals surface area contributed by atoms with Crippen molar-refractivity contribution in [3.05, 3.63) is 53.3 Å². The maximum absolute atomic E-state index is 5.98. The summed E-state index contributed by atoms with van der Waals surface area (Å²) in [6.07, 6.45) is 0. The number of nitrogens with zero attached hydrogens (tertiary/aromatic N) is 1. The van der Waals surface area contributed by atoms with Crippen molar-refractivity contribution in [2.45, 2.75) is 26.9 Å². The van der Waals surface area contributed by atoms with Crippen LogP contribution in [0.5, 0.6) is 17.2 Å². The van der Waals surface area contributed by atoms with Crippen LogP contribution in [-0.2, 0) is 13.1 Å². The van der Waals surface area contributed by atoms with Gasteiger partial charge >= 0.3 is 0 Å². The molecule has 0 aliphatic carbocycles. The fourth-order valence-electron chi connectivity index (χ4n) is 3.30. The normalized spacial score (nSPS) is 11.1. The van der Waals surface area contributed by atoms with Gasteiger partial charge in [-0.25, -0.2) is 4.99 Å². The maximum Gasteiger partial charge on any atom is 0.203 e. The van der Waals surface area contributed by atoms with E-state index in [1.807, 2.05) is 37.3 Å². The van der Waals surface area contributed by atoms with Gasteiger partial charge in [0.05, 0.1) is 34.4 Å². The van der Waals surface area contributed by atoms with Crippen molar-refractivity contribution in [2.75, 3.05) is 27.9 Å². The van der Waals surface area contributed by atoms with Crippen LogP contribution in [0.4, 0.5) is 0 Å². The molecule has 168 valence electrons. The smallest absolute Gasteiger partial charge is 0.203 e. The second-order valence-corrected chi connectivity index (χ2v) is 6.73. The van der Waals surface area contributed by atoms with Crippen LogP contribution in [-0.4, -0.2) is 33.8 Å². The van der Waals surface area contributed by atoms with E-state index >= 15 is 0 Å². The molecule has 31 heavy (non-hydrogen) atoms. The van der Waals surface area contributed by atoms with Crippen molar-refractivity contribution in [3.63, 3.8) is 0 Å². The second kappa shape index (κ2) is 11.7. The topological polar surface area (TPSA) is 77.3 Å². The summed E-state index contributed by atoms with van der Waals surface area (Å²) in [6.45, 7) is 5.85. The number of para-hydroxylation sites is 1. The number of nitrogens with one attached hydrogen (secondary N) is 2. The molecule has 0 amide bonds. The van der Waals surface area contributed by atoms with Gasteiger partial charge in [-0.15, -0.1) is 24.0 Å². The minimum Gasteiger partial charge on any atom is -0.493 e. The number of methoxy groups -OCH3 is 3. The zero-order valence-electron chi connectivity index (χ0n) is 18.6. The molecule has 0 saturated heterocycles. The summed E-state index contributed by atoms with van der Waals surface area (Å²) in [5, 5.41) is 7.75. The van der Waals surface area contributed by atoms with Crippen LogP contribution >= 0.6 is 24.0 Å². The van der Waals surface area contributed by atoms with E-state index in [4.69, 9.17) is 18.6 Å². The molecule has 3 aromatic rings. The van der Waals surface area contributed by atoms with Crippen LogP contribution in [0.25, 0.3) is 11.0 Å². The number of aryl methyl sites for hydroxylation is 1. The number of hydrogen-bond donors (Lipinski definition) is 2. The lowest BCUT2D eigenvalue weighted by Gasteiger charge is -2.14. The van der Waals surface area contributed by atoms with E-state index in [-0.39, 0.29) is 24.0 Å². The van der Waals surface area contributed by atoms with Crippen LogP contribution in [0.1, 0.15) is 23.8 Å². The quantitative estimate of drug-likeness (QED) is 0.247. The Hall–Kier alpha value is -2.62. The van der Waals surface area contributed by atoms with Crippen molar-refractivity contribution in [1.82, 2.24) is 10.6 Å². The highest BCUT2D eigenvalue weighted by Crippen LogP contribution is 2.38. The van der Waals surface area contributed by atoms with Gasteiger partial charge in [0.25, 0.3) is 0 Å². The van der Waals surface area contributed by atoms with E-state index in [0.29, 0.717) is 36.3 Å². The Morgan fingerprint density at radius 1 is 1.00 bits per heavy atom. The van der Waals surface area contributed by atoms with Crippen molar-refractivity contribution in [1.29, 1.82) is 0 Å². The van der Waals surface area contributed by atoms with E-state index in [1.54, 1.807) is 21.3 Å². The van der Waals surface area contributed by atoms with Gasteiger partial charge in [0.15, 0.2) is 17.5 Å². The number of hydrogen-bond acceptors (Lipinski definition) is 5. The summed E-state index contributed by atoms with van der Waals surface area (Å²) in [6, 6.07) is 11.9. The molecule has 0 spiro atoms. The molecule has 0 atom stereocenters. The van der Waals surface area contributed by atoms with Crippen molar-refractivity contribution in [2.24, 2.45) is 4.99 Å². The van der Waals surface area contributed by atoms with E-state index in [9.17, 15) is 0 Å². The average molecular weight is 539 g/mol. The van der Waals surface area contributed by atoms with Crippen LogP contribution < -0.4 is 24.8 Å². The fraction of sp³-hybridized carbons (Fsp3) is 0.348. The van der Waals surface area contributed by atoms with Crippen LogP contribution in [0.2, 0.25) is 0 Å². The molecule has 0 unspecified atom stereocenters. The minimum absolute atomic E-state index is 0. The molecule has 0 aliphatic heterocycles. The first-order chi connectivity index (χ1) is 14.6. The number of benzene rings is 2. The van der Waals surface area contributed by atoms with E-state index in [1.165, 1.54) is 0 Å². The Bertz CT molecular complexity index is 1010. The average Bonchev–Trinajstić information content (AvgIpc) is 3.10. The Balaban J connectivity index is 0.00000341. The standard InChI is InChI=1S/C23H29N3O4.HI/c1-6-24-23(26-14-21-15(2)17-9-7-8-10-18(17)30-21)25-13-16-11-19(27-3)22(29-5)20(12-16)28-4;/h7-12H,6,13-14H2,1-5H3,(H2,24,25,26);1H. The molecule has 1 aromatic heterocycles. The molecular formula is C23H30IN3O4. The molecule has 2 N–H and O–H groups in total. The Kier molecular flexibility index (Phi) is 9.29. The van der Waals surface area contributed by atoms with Gasteiger partial charge < -0.3 is 29.3 Å². The first kappa shape index (κ1) is 24.6. The first-order valence-electron chi connectivity index (χ1n) is 9.89. The molecule has 2 aromatic carbocycles. The van der Waals surface area contributed by atoms with Gasteiger partial charge in [-0.3, -0.25) is 0 Å². The lowest BCUT2D eigenvalue weighted by atomic mass is 10.1. The number of halogens is 1. The molecule has 3 rings (SSSR count). The molecule has 0 aliphatic rings. The number of guanidine groups is 1. The lowest BCUT2D eigenvalue weighted by Crippen LogP contribution is -2.36. The van der Waals surface area contributed by atoms with Gasteiger partial charge in [0, 0.05) is 17.5 Å². The summed E-state index contributed by atoms with van der Waals surface area (Å²) in [4.78, 5) is 4.69. The summed E-state index contributed by atoms with van der Waals surface area (Å²) < 4.78 is 22.2. The zero-order chi connectivity index (χ0) is 21.5. The Morgan fingerprint density at radius 3 is 2.26 bits per heavy atom. The highest BCUT2D eigenvalue weighted by Gasteiger charge is 2.14. The van der Waals surface area contributed by atoms with Crippen LogP contribution in [0.15, 0.2) is 45.8 Å². The van der Waals surface area contributed by atoms with E-state index < -0.39 is 0 Å². The van der Waals surface area contributed by atoms with Gasteiger partial charge in [-0.2, -0.15) is 0 Å². The van der Waals surface area contributed by atoms with E-state index in [2.05, 4.69) is 28.6 Å². The molecule has 0 fully saturated rings. The molecular weight excluding hydrogens is 509 g/mol. The summed E-state index contributed by atoms with van der Waals surface area (Å²) >= 11 is 0. The number of furan rings is 1. The van der Waals surface area contributed by atoms with Crippen LogP contribution in [0, 0.1) is 6.92 Å². The highest BCUT2D eigenvalue weighted by atomic mass is 127. The molecule has 0 bridgehead atoms. The maximum atomic E-state index is 5.98. The summed E-state index contributed by atoms with van der Waals surface area (Å²) in [5.74, 6) is 3.38. The number of rotatable bonds is 8. The highest BCUT2D eigenvalue weighted by molar-refractivity contribution is 14.0. The molecule has 7 nitrogen and oxygen atoms in total. The zero-order valence-corrected chi connectivity index (χ0v) is 20.9. The number of aliphatic imine (C=N–C) groups is 1. The predicted molar refractivity (Wildman–Crippen MR) is 134 cm³/mol. The fourth-order valence-corrected chi connectivity index (χ4v) is 3.30. The predicted octanol–water partition coefficient (Wildman–Crippen LogP) is 4.64. The van der Waals surface area contributed by atoms with Gasteiger partial charge in [-0.05, 0) is 37.6 Å². The second-order valence-electron chi connectivity index (χ2n) is 6.73. The Labute approximate surface area is 200 Å². The van der Waals surface area contributed by atoms with Crippen molar-refractivity contribution >= 4 is 40.9 Å². The summed E-state index contributed by atoms with van der Waals surface area (Å²) in [7, 11) is 4.79. The minimum atomic E-state index is 0. The third kappa shape index (κ3) is 5.75. The van der Waals surface area contributed by atoms with Crippen molar-refractivity contribution in [3.8, 4) is 17.2 Å². The van der Waals surface area contributed by atoms with E-state index in [0.717, 1.165) is 34.4 Å². The third-order valence-corrected chi connectivity index (χ3v) is 4.85. The molecule has 1 heterocycles. The van der Waals surface area contributed by atoms with Gasteiger partial charge in [0.1, 0.15) is 11.3 Å². The van der Waals surface area contributed by atoms with Gasteiger partial charge in [-0.1, -0.05) is 18.2 Å².